The number of ether oxygens (including phenoxy) is 1. The van der Waals surface area contributed by atoms with E-state index in [4.69, 9.17) is 4.74 Å². The standard InChI is InChI=1S/C15H23NO3S/c1-12-5-7-13(8-6-12)15(16-2)11-20(17,18)10-14-4-3-9-19-14/h5-8,14-16H,3-4,9-11H2,1-2H3. The maximum absolute atomic E-state index is 12.3. The first kappa shape index (κ1) is 15.5. The minimum absolute atomic E-state index is 0.115. The molecular weight excluding hydrogens is 274 g/mol. The summed E-state index contributed by atoms with van der Waals surface area (Å²) in [6.45, 7) is 2.71. The molecule has 1 aromatic carbocycles. The maximum Gasteiger partial charge on any atom is 0.154 e. The summed E-state index contributed by atoms with van der Waals surface area (Å²) in [6.07, 6.45) is 1.71. The second kappa shape index (κ2) is 6.70. The minimum atomic E-state index is -3.12. The Morgan fingerprint density at radius 2 is 2.05 bits per heavy atom. The predicted octanol–water partition coefficient (Wildman–Crippen LogP) is 1.85. The molecule has 0 spiro atoms. The van der Waals surface area contributed by atoms with Gasteiger partial charge in [0, 0.05) is 12.6 Å². The maximum atomic E-state index is 12.3. The normalized spacial score (nSPS) is 21.0. The number of aryl methyl sites for hydroxylation is 1. The molecule has 1 heterocycles. The second-order valence-electron chi connectivity index (χ2n) is 5.46. The summed E-state index contributed by atoms with van der Waals surface area (Å²) >= 11 is 0. The zero-order valence-corrected chi connectivity index (χ0v) is 12.9. The zero-order valence-electron chi connectivity index (χ0n) is 12.1. The van der Waals surface area contributed by atoms with Gasteiger partial charge in [0.15, 0.2) is 9.84 Å². The van der Waals surface area contributed by atoms with Crippen LogP contribution in [0.15, 0.2) is 24.3 Å². The fourth-order valence-corrected chi connectivity index (χ4v) is 4.36. The number of benzene rings is 1. The lowest BCUT2D eigenvalue weighted by molar-refractivity contribution is 0.127. The third-order valence-corrected chi connectivity index (χ3v) is 5.43. The predicted molar refractivity (Wildman–Crippen MR) is 80.6 cm³/mol. The smallest absolute Gasteiger partial charge is 0.154 e. The fraction of sp³-hybridized carbons (Fsp3) is 0.600. The molecule has 0 radical (unpaired) electrons. The highest BCUT2D eigenvalue weighted by Crippen LogP contribution is 2.19. The van der Waals surface area contributed by atoms with Crippen molar-refractivity contribution in [3.05, 3.63) is 35.4 Å². The molecule has 0 bridgehead atoms. The SMILES string of the molecule is CNC(CS(=O)(=O)CC1CCCO1)c1ccc(C)cc1. The molecule has 5 heteroatoms. The number of rotatable bonds is 6. The van der Waals surface area contributed by atoms with Crippen LogP contribution in [0.1, 0.15) is 30.0 Å². The van der Waals surface area contributed by atoms with Crippen molar-refractivity contribution in [3.63, 3.8) is 0 Å². The Bertz CT molecular complexity index is 519. The molecule has 0 amide bonds. The molecule has 2 rings (SSSR count). The van der Waals surface area contributed by atoms with Crippen LogP contribution >= 0.6 is 0 Å². The third-order valence-electron chi connectivity index (χ3n) is 3.71. The van der Waals surface area contributed by atoms with E-state index in [1.54, 1.807) is 7.05 Å². The quantitative estimate of drug-likeness (QED) is 0.870. The van der Waals surface area contributed by atoms with Crippen LogP contribution in [0.25, 0.3) is 0 Å². The Kier molecular flexibility index (Phi) is 5.18. The average Bonchev–Trinajstić information content (AvgIpc) is 2.89. The van der Waals surface area contributed by atoms with E-state index in [0.717, 1.165) is 18.4 Å². The molecule has 0 saturated carbocycles. The molecule has 1 fully saturated rings. The number of nitrogens with one attached hydrogen (secondary N) is 1. The van der Waals surface area contributed by atoms with Gasteiger partial charge in [0.2, 0.25) is 0 Å². The van der Waals surface area contributed by atoms with Crippen molar-refractivity contribution in [2.45, 2.75) is 31.9 Å². The lowest BCUT2D eigenvalue weighted by atomic mass is 10.1. The first-order valence-electron chi connectivity index (χ1n) is 7.06. The molecule has 2 unspecified atom stereocenters. The first-order chi connectivity index (χ1) is 9.50. The van der Waals surface area contributed by atoms with Crippen LogP contribution in [-0.2, 0) is 14.6 Å². The van der Waals surface area contributed by atoms with Crippen LogP contribution in [0.5, 0.6) is 0 Å². The van der Waals surface area contributed by atoms with Crippen molar-refractivity contribution >= 4 is 9.84 Å². The molecule has 1 N–H and O–H groups in total. The van der Waals surface area contributed by atoms with Gasteiger partial charge in [-0.25, -0.2) is 8.42 Å². The second-order valence-corrected chi connectivity index (χ2v) is 7.62. The Balaban J connectivity index is 2.02. The summed E-state index contributed by atoms with van der Waals surface area (Å²) in [7, 11) is -1.32. The zero-order chi connectivity index (χ0) is 14.6. The molecule has 1 aliphatic heterocycles. The van der Waals surface area contributed by atoms with E-state index in [9.17, 15) is 8.42 Å². The van der Waals surface area contributed by atoms with Crippen molar-refractivity contribution < 1.29 is 13.2 Å². The summed E-state index contributed by atoms with van der Waals surface area (Å²) in [5.41, 5.74) is 2.18. The van der Waals surface area contributed by atoms with Crippen molar-refractivity contribution in [2.24, 2.45) is 0 Å². The van der Waals surface area contributed by atoms with Gasteiger partial charge < -0.3 is 10.1 Å². The molecule has 4 nitrogen and oxygen atoms in total. The number of hydrogen-bond acceptors (Lipinski definition) is 4. The van der Waals surface area contributed by atoms with Gasteiger partial charge in [-0.05, 0) is 32.4 Å². The Labute approximate surface area is 121 Å². The van der Waals surface area contributed by atoms with E-state index in [2.05, 4.69) is 5.32 Å². The van der Waals surface area contributed by atoms with Crippen LogP contribution in [0.3, 0.4) is 0 Å². The Morgan fingerprint density at radius 3 is 2.60 bits per heavy atom. The Hall–Kier alpha value is -0.910. The van der Waals surface area contributed by atoms with Crippen LogP contribution in [-0.4, -0.2) is 39.7 Å². The van der Waals surface area contributed by atoms with Gasteiger partial charge in [0.1, 0.15) is 0 Å². The van der Waals surface area contributed by atoms with Crippen molar-refractivity contribution in [2.75, 3.05) is 25.2 Å². The van der Waals surface area contributed by atoms with E-state index >= 15 is 0 Å². The van der Waals surface area contributed by atoms with Gasteiger partial charge in [-0.15, -0.1) is 0 Å². The van der Waals surface area contributed by atoms with Crippen molar-refractivity contribution in [1.29, 1.82) is 0 Å². The van der Waals surface area contributed by atoms with Crippen LogP contribution in [0, 0.1) is 6.92 Å². The third kappa shape index (κ3) is 4.30. The van der Waals surface area contributed by atoms with Crippen molar-refractivity contribution in [1.82, 2.24) is 5.32 Å². The molecular formula is C15H23NO3S. The van der Waals surface area contributed by atoms with Gasteiger partial charge >= 0.3 is 0 Å². The van der Waals surface area contributed by atoms with Gasteiger partial charge in [0.05, 0.1) is 17.6 Å². The molecule has 1 aromatic rings. The summed E-state index contributed by atoms with van der Waals surface area (Å²) in [5, 5.41) is 3.10. The van der Waals surface area contributed by atoms with Crippen LogP contribution in [0.2, 0.25) is 0 Å². The van der Waals surface area contributed by atoms with E-state index < -0.39 is 9.84 Å². The summed E-state index contributed by atoms with van der Waals surface area (Å²) in [5.74, 6) is 0.253. The van der Waals surface area contributed by atoms with E-state index in [1.165, 1.54) is 5.56 Å². The van der Waals surface area contributed by atoms with Crippen LogP contribution < -0.4 is 5.32 Å². The Morgan fingerprint density at radius 1 is 1.35 bits per heavy atom. The topological polar surface area (TPSA) is 55.4 Å². The fourth-order valence-electron chi connectivity index (χ4n) is 2.53. The molecule has 0 aromatic heterocycles. The van der Waals surface area contributed by atoms with E-state index in [0.29, 0.717) is 6.61 Å². The van der Waals surface area contributed by atoms with Gasteiger partial charge in [-0.2, -0.15) is 0 Å². The molecule has 1 aliphatic rings. The lowest BCUT2D eigenvalue weighted by Crippen LogP contribution is -2.30. The summed E-state index contributed by atoms with van der Waals surface area (Å²) in [4.78, 5) is 0. The minimum Gasteiger partial charge on any atom is -0.377 e. The summed E-state index contributed by atoms with van der Waals surface area (Å²) in [6, 6.07) is 7.82. The monoisotopic (exact) mass is 297 g/mol. The average molecular weight is 297 g/mol. The highest BCUT2D eigenvalue weighted by Gasteiger charge is 2.26. The van der Waals surface area contributed by atoms with E-state index in [1.807, 2.05) is 31.2 Å². The van der Waals surface area contributed by atoms with Gasteiger partial charge in [-0.1, -0.05) is 29.8 Å². The van der Waals surface area contributed by atoms with Crippen LogP contribution in [0.4, 0.5) is 0 Å². The largest absolute Gasteiger partial charge is 0.377 e. The van der Waals surface area contributed by atoms with Crippen molar-refractivity contribution in [3.8, 4) is 0 Å². The summed E-state index contributed by atoms with van der Waals surface area (Å²) < 4.78 is 30.0. The molecule has 112 valence electrons. The van der Waals surface area contributed by atoms with E-state index in [-0.39, 0.29) is 23.7 Å². The van der Waals surface area contributed by atoms with Gasteiger partial charge in [-0.3, -0.25) is 0 Å². The van der Waals surface area contributed by atoms with Gasteiger partial charge in [0.25, 0.3) is 0 Å². The molecule has 20 heavy (non-hydrogen) atoms. The molecule has 0 aliphatic carbocycles. The number of hydrogen-bond donors (Lipinski definition) is 1. The first-order valence-corrected chi connectivity index (χ1v) is 8.88. The highest BCUT2D eigenvalue weighted by molar-refractivity contribution is 7.91. The molecule has 1 saturated heterocycles. The lowest BCUT2D eigenvalue weighted by Gasteiger charge is -2.18. The number of sulfone groups is 1. The molecule has 2 atom stereocenters. The highest BCUT2D eigenvalue weighted by atomic mass is 32.2.